The summed E-state index contributed by atoms with van der Waals surface area (Å²) in [5.74, 6) is -1.79. The standard InChI is InChI=1S/C12H18N2O5.2Hg/c1-7(18-3)5-9-10(15)13-12(17)14(11(9)16)6-8(2)19-4;;/h7-9H,1-2,5-6H2,3-4H3,(H,13,15,17);;. The number of ether oxygens (including phenoxy) is 2. The van der Waals surface area contributed by atoms with E-state index in [0.717, 1.165) is 12.8 Å². The number of hydrogen-bond acceptors (Lipinski definition) is 5. The molecular weight excluding hydrogens is 653 g/mol. The van der Waals surface area contributed by atoms with Gasteiger partial charge in [0, 0.05) is 0 Å². The van der Waals surface area contributed by atoms with E-state index in [1.54, 1.807) is 14.2 Å². The summed E-state index contributed by atoms with van der Waals surface area (Å²) in [5, 5.41) is 2.26. The van der Waals surface area contributed by atoms with Gasteiger partial charge in [0.25, 0.3) is 0 Å². The molecule has 1 aliphatic rings. The van der Waals surface area contributed by atoms with Crippen LogP contribution in [0.2, 0.25) is 7.86 Å². The SMILES string of the molecule is COC([CH2][Hg])CC1C(=O)NC(=O)N(CC([CH2][Hg])OC)C1=O. The van der Waals surface area contributed by atoms with Gasteiger partial charge in [0.15, 0.2) is 0 Å². The van der Waals surface area contributed by atoms with E-state index in [-0.39, 0.29) is 18.8 Å². The zero-order chi connectivity index (χ0) is 16.0. The van der Waals surface area contributed by atoms with Crippen LogP contribution in [0, 0.1) is 5.92 Å². The van der Waals surface area contributed by atoms with Crippen molar-refractivity contribution in [2.45, 2.75) is 26.5 Å². The zero-order valence-electron chi connectivity index (χ0n) is 12.5. The summed E-state index contributed by atoms with van der Waals surface area (Å²) in [6.45, 7) is 0.205. The van der Waals surface area contributed by atoms with Gasteiger partial charge < -0.3 is 0 Å². The molecule has 7 nitrogen and oxygen atoms in total. The number of nitrogens with one attached hydrogen (secondary N) is 1. The van der Waals surface area contributed by atoms with Crippen molar-refractivity contribution in [2.24, 2.45) is 5.92 Å². The Morgan fingerprint density at radius 1 is 1.14 bits per heavy atom. The van der Waals surface area contributed by atoms with Gasteiger partial charge in [-0.15, -0.1) is 0 Å². The predicted octanol–water partition coefficient (Wildman–Crippen LogP) is 0.0313. The Morgan fingerprint density at radius 2 is 1.71 bits per heavy atom. The van der Waals surface area contributed by atoms with Crippen molar-refractivity contribution in [1.82, 2.24) is 10.2 Å². The molecule has 0 aliphatic carbocycles. The van der Waals surface area contributed by atoms with Crippen LogP contribution in [-0.4, -0.2) is 55.7 Å². The first-order chi connectivity index (χ1) is 9.98. The fraction of sp³-hybridized carbons (Fsp3) is 0.750. The summed E-state index contributed by atoms with van der Waals surface area (Å²) in [6, 6.07) is -0.645. The van der Waals surface area contributed by atoms with E-state index in [0.29, 0.717) is 58.7 Å². The average molecular weight is 671 g/mol. The zero-order valence-corrected chi connectivity index (χ0v) is 23.5. The van der Waals surface area contributed by atoms with Gasteiger partial charge in [0.2, 0.25) is 0 Å². The molecule has 1 aliphatic heterocycles. The second kappa shape index (κ2) is 9.52. The number of rotatable bonds is 8. The Hall–Kier alpha value is 0.400. The molecule has 110 valence electrons. The van der Waals surface area contributed by atoms with Crippen LogP contribution in [0.15, 0.2) is 0 Å². The van der Waals surface area contributed by atoms with Crippen molar-refractivity contribution in [2.75, 3.05) is 20.8 Å². The van der Waals surface area contributed by atoms with E-state index in [1.165, 1.54) is 0 Å². The summed E-state index contributed by atoms with van der Waals surface area (Å²) < 4.78 is 12.3. The summed E-state index contributed by atoms with van der Waals surface area (Å²) in [4.78, 5) is 37.3. The van der Waals surface area contributed by atoms with Gasteiger partial charge in [0.05, 0.1) is 0 Å². The van der Waals surface area contributed by atoms with Crippen molar-refractivity contribution in [1.29, 1.82) is 0 Å². The van der Waals surface area contributed by atoms with Gasteiger partial charge >= 0.3 is 157 Å². The van der Waals surface area contributed by atoms with Crippen molar-refractivity contribution < 1.29 is 76.1 Å². The second-order valence-corrected chi connectivity index (χ2v) is 9.31. The van der Waals surface area contributed by atoms with E-state index in [1.807, 2.05) is 0 Å². The first kappa shape index (κ1) is 19.4. The van der Waals surface area contributed by atoms with Crippen LogP contribution in [0.1, 0.15) is 6.42 Å². The molecule has 0 spiro atoms. The Bertz CT molecular complexity index is 365. The average Bonchev–Trinajstić information content (AvgIpc) is 2.47. The third-order valence-electron chi connectivity index (χ3n) is 3.55. The molecule has 4 amide bonds. The monoisotopic (exact) mass is 674 g/mol. The molecule has 9 heteroatoms. The summed E-state index contributed by atoms with van der Waals surface area (Å²) in [5.41, 5.74) is 0. The van der Waals surface area contributed by atoms with Crippen LogP contribution < -0.4 is 5.32 Å². The third kappa shape index (κ3) is 5.21. The number of carbonyl (C=O) groups is 3. The van der Waals surface area contributed by atoms with E-state index >= 15 is 0 Å². The van der Waals surface area contributed by atoms with Crippen molar-refractivity contribution in [3.05, 3.63) is 0 Å². The molecule has 1 saturated heterocycles. The van der Waals surface area contributed by atoms with E-state index in [9.17, 15) is 14.4 Å². The van der Waals surface area contributed by atoms with Gasteiger partial charge in [-0.1, -0.05) is 0 Å². The van der Waals surface area contributed by atoms with Gasteiger partial charge in [-0.05, 0) is 0 Å². The first-order valence-corrected chi connectivity index (χ1v) is 14.6. The number of methoxy groups -OCH3 is 2. The van der Waals surface area contributed by atoms with Crippen molar-refractivity contribution in [3.8, 4) is 0 Å². The molecule has 0 aromatic heterocycles. The molecule has 1 fully saturated rings. The fourth-order valence-electron chi connectivity index (χ4n) is 2.12. The van der Waals surface area contributed by atoms with E-state index in [2.05, 4.69) is 5.32 Å². The van der Waals surface area contributed by atoms with Crippen molar-refractivity contribution in [3.63, 3.8) is 0 Å². The molecule has 0 bridgehead atoms. The summed E-state index contributed by atoms with van der Waals surface area (Å²) in [7, 11) is 3.15. The molecule has 1 rings (SSSR count). The number of imide groups is 2. The molecule has 1 N–H and O–H groups in total. The molecule has 0 aromatic rings. The topological polar surface area (TPSA) is 84.9 Å². The normalized spacial score (nSPS) is 22.3. The number of amides is 4. The second-order valence-electron chi connectivity index (χ2n) is 4.82. The van der Waals surface area contributed by atoms with Crippen LogP contribution in [-0.2, 0) is 71.3 Å². The first-order valence-electron chi connectivity index (χ1n) is 6.78. The van der Waals surface area contributed by atoms with Crippen molar-refractivity contribution >= 4 is 17.8 Å². The molecule has 0 radical (unpaired) electrons. The molecule has 21 heavy (non-hydrogen) atoms. The molecule has 3 atom stereocenters. The third-order valence-corrected chi connectivity index (χ3v) is 8.56. The Morgan fingerprint density at radius 3 is 2.19 bits per heavy atom. The summed E-state index contributed by atoms with van der Waals surface area (Å²) >= 11 is 1.04. The van der Waals surface area contributed by atoms with Gasteiger partial charge in [-0.2, -0.15) is 0 Å². The molecular formula is C12H18Hg2N2O5. The fourth-order valence-corrected chi connectivity index (χ4v) is 5.58. The number of hydrogen-bond donors (Lipinski definition) is 1. The Kier molecular flexibility index (Phi) is 8.82. The molecule has 1 heterocycles. The molecule has 0 saturated carbocycles. The molecule has 3 unspecified atom stereocenters. The maximum atomic E-state index is 12.4. The number of carbonyl (C=O) groups excluding carboxylic acids is 3. The van der Waals surface area contributed by atoms with Crippen LogP contribution in [0.4, 0.5) is 4.79 Å². The van der Waals surface area contributed by atoms with Gasteiger partial charge in [0.1, 0.15) is 0 Å². The van der Waals surface area contributed by atoms with E-state index in [4.69, 9.17) is 9.47 Å². The predicted molar refractivity (Wildman–Crippen MR) is 64.6 cm³/mol. The van der Waals surface area contributed by atoms with Gasteiger partial charge in [-0.3, -0.25) is 0 Å². The quantitative estimate of drug-likeness (QED) is 0.291. The minimum atomic E-state index is -0.840. The summed E-state index contributed by atoms with van der Waals surface area (Å²) in [6.07, 6.45) is 0.0933. The van der Waals surface area contributed by atoms with Crippen LogP contribution >= 0.6 is 0 Å². The minimum absolute atomic E-state index is 0.0946. The van der Waals surface area contributed by atoms with Gasteiger partial charge in [-0.25, -0.2) is 0 Å². The van der Waals surface area contributed by atoms with Crippen LogP contribution in [0.5, 0.6) is 0 Å². The van der Waals surface area contributed by atoms with Crippen LogP contribution in [0.25, 0.3) is 0 Å². The van der Waals surface area contributed by atoms with Crippen LogP contribution in [0.3, 0.4) is 0 Å². The number of barbiturate groups is 1. The Balaban J connectivity index is 2.84. The maximum absolute atomic E-state index is 12.4. The number of urea groups is 1. The molecule has 0 aromatic carbocycles. The Labute approximate surface area is 156 Å². The van der Waals surface area contributed by atoms with E-state index < -0.39 is 23.8 Å². The number of nitrogens with zero attached hydrogens (tertiary/aromatic N) is 1.